The van der Waals surface area contributed by atoms with E-state index >= 15 is 4.11 Å². The molecular formula is C35H39FN6O5Si. The molecule has 0 saturated carbocycles. The van der Waals surface area contributed by atoms with Crippen molar-refractivity contribution < 1.29 is 23.5 Å². The highest BCUT2D eigenvalue weighted by Crippen LogP contribution is 2.60. The number of aryl methyl sites for hydroxylation is 1. The smallest absolute Gasteiger partial charge is 0.279 e. The molecule has 2 aliphatic heterocycles. The van der Waals surface area contributed by atoms with Crippen molar-refractivity contribution in [2.45, 2.75) is 63.2 Å². The second-order valence-electron chi connectivity index (χ2n) is 13.2. The topological polar surface area (TPSA) is 127 Å². The van der Waals surface area contributed by atoms with Crippen LogP contribution in [0.15, 0.2) is 77.7 Å². The second-order valence-corrected chi connectivity index (χ2v) is 17.0. The van der Waals surface area contributed by atoms with Gasteiger partial charge in [0.1, 0.15) is 5.75 Å². The van der Waals surface area contributed by atoms with Gasteiger partial charge in [0, 0.05) is 42.8 Å². The molecule has 4 atom stereocenters. The van der Waals surface area contributed by atoms with E-state index in [1.54, 1.807) is 42.0 Å². The Morgan fingerprint density at radius 1 is 1.10 bits per heavy atom. The van der Waals surface area contributed by atoms with Gasteiger partial charge in [0.15, 0.2) is 5.60 Å². The molecule has 5 aromatic rings. The van der Waals surface area contributed by atoms with Gasteiger partial charge in [-0.2, -0.15) is 0 Å². The van der Waals surface area contributed by atoms with E-state index in [-0.39, 0.29) is 24.6 Å². The summed E-state index contributed by atoms with van der Waals surface area (Å²) in [5.74, 6) is -0.0946. The Bertz CT molecular complexity index is 2040. The van der Waals surface area contributed by atoms with Gasteiger partial charge in [-0.25, -0.2) is 4.68 Å². The van der Waals surface area contributed by atoms with E-state index in [2.05, 4.69) is 15.4 Å². The van der Waals surface area contributed by atoms with E-state index in [1.165, 1.54) is 4.68 Å². The zero-order chi connectivity index (χ0) is 33.8. The van der Waals surface area contributed by atoms with E-state index in [9.17, 15) is 14.7 Å². The molecule has 1 fully saturated rings. The van der Waals surface area contributed by atoms with Crippen molar-refractivity contribution >= 4 is 30.9 Å². The number of hydrogen-bond donors (Lipinski definition) is 2. The molecule has 4 heterocycles. The third-order valence-corrected chi connectivity index (χ3v) is 12.3. The summed E-state index contributed by atoms with van der Waals surface area (Å²) in [5.41, 5.74) is 2.35. The van der Waals surface area contributed by atoms with Crippen molar-refractivity contribution in [2.75, 3.05) is 18.6 Å². The Hall–Kier alpha value is -4.59. The minimum atomic E-state index is -3.35. The van der Waals surface area contributed by atoms with Crippen LogP contribution in [0.2, 0.25) is 18.6 Å². The van der Waals surface area contributed by atoms with Crippen molar-refractivity contribution in [1.29, 1.82) is 0 Å². The highest BCUT2D eigenvalue weighted by Gasteiger charge is 2.66. The van der Waals surface area contributed by atoms with E-state index in [0.717, 1.165) is 11.1 Å². The summed E-state index contributed by atoms with van der Waals surface area (Å²) >= 11 is 0. The average Bonchev–Trinajstić information content (AvgIpc) is 3.80. The van der Waals surface area contributed by atoms with Gasteiger partial charge in [0.2, 0.25) is 8.41 Å². The first-order valence-electron chi connectivity index (χ1n) is 16.2. The largest absolute Gasteiger partial charge is 0.497 e. The van der Waals surface area contributed by atoms with Crippen LogP contribution in [-0.4, -0.2) is 64.0 Å². The molecule has 0 unspecified atom stereocenters. The molecule has 1 amide bonds. The number of amides is 1. The van der Waals surface area contributed by atoms with Crippen molar-refractivity contribution in [2.24, 2.45) is 5.92 Å². The van der Waals surface area contributed by atoms with Gasteiger partial charge in [-0.05, 0) is 67.5 Å². The van der Waals surface area contributed by atoms with E-state index < -0.39 is 31.6 Å². The lowest BCUT2D eigenvalue weighted by molar-refractivity contribution is -0.146. The number of carbonyl (C=O) groups excluding carboxylic acids is 1. The molecule has 3 aromatic carbocycles. The molecule has 7 rings (SSSR count). The summed E-state index contributed by atoms with van der Waals surface area (Å²) in [6.45, 7) is 5.97. The molecule has 13 heteroatoms. The minimum Gasteiger partial charge on any atom is -0.497 e. The van der Waals surface area contributed by atoms with E-state index in [1.807, 2.05) is 67.6 Å². The Morgan fingerprint density at radius 2 is 1.88 bits per heavy atom. The first-order chi connectivity index (χ1) is 23.0. The zero-order valence-electron chi connectivity index (χ0n) is 27.4. The molecule has 1 spiro atoms. The number of nitrogens with one attached hydrogen (secondary N) is 1. The quantitative estimate of drug-likeness (QED) is 0.160. The number of carbonyl (C=O) groups is 1. The summed E-state index contributed by atoms with van der Waals surface area (Å²) in [6.07, 6.45) is 2.09. The number of rotatable bonds is 10. The van der Waals surface area contributed by atoms with Crippen molar-refractivity contribution in [3.8, 4) is 11.4 Å². The van der Waals surface area contributed by atoms with Crippen LogP contribution >= 0.6 is 0 Å². The number of para-hydroxylation sites is 1. The third-order valence-electron chi connectivity index (χ3n) is 9.89. The molecule has 0 bridgehead atoms. The van der Waals surface area contributed by atoms with Crippen LogP contribution in [0.1, 0.15) is 30.2 Å². The summed E-state index contributed by atoms with van der Waals surface area (Å²) in [7, 11) is -1.77. The number of aromatic nitrogens is 5. The second kappa shape index (κ2) is 12.1. The number of ether oxygens (including phenoxy) is 2. The van der Waals surface area contributed by atoms with Gasteiger partial charge >= 0.3 is 0 Å². The predicted octanol–water partition coefficient (Wildman–Crippen LogP) is 4.87. The number of methoxy groups -OCH3 is 1. The van der Waals surface area contributed by atoms with Gasteiger partial charge in [0.05, 0.1) is 47.7 Å². The lowest BCUT2D eigenvalue weighted by atomic mass is 9.82. The number of hydrogen-bond acceptors (Lipinski definition) is 7. The number of aliphatic hydroxyl groups is 1. The fraction of sp³-hybridized carbons (Fsp3) is 0.371. The maximum atomic E-state index is 16.2. The lowest BCUT2D eigenvalue weighted by Crippen LogP contribution is -2.45. The van der Waals surface area contributed by atoms with E-state index in [4.69, 9.17) is 9.47 Å². The number of aromatic amines is 1. The van der Waals surface area contributed by atoms with Crippen molar-refractivity contribution in [3.05, 3.63) is 100 Å². The summed E-state index contributed by atoms with van der Waals surface area (Å²) < 4.78 is 31.9. The Kier molecular flexibility index (Phi) is 8.08. The summed E-state index contributed by atoms with van der Waals surface area (Å²) in [4.78, 5) is 29.5. The Balaban J connectivity index is 1.20. The highest BCUT2D eigenvalue weighted by atomic mass is 28.4. The number of benzene rings is 3. The first-order valence-corrected chi connectivity index (χ1v) is 19.2. The van der Waals surface area contributed by atoms with Crippen LogP contribution in [0.3, 0.4) is 0 Å². The van der Waals surface area contributed by atoms with Crippen LogP contribution in [0.25, 0.3) is 16.6 Å². The minimum absolute atomic E-state index is 0.0239. The van der Waals surface area contributed by atoms with Crippen LogP contribution in [-0.2, 0) is 34.6 Å². The monoisotopic (exact) mass is 670 g/mol. The van der Waals surface area contributed by atoms with E-state index in [0.29, 0.717) is 53.2 Å². The predicted molar refractivity (Wildman–Crippen MR) is 182 cm³/mol. The number of aliphatic hydroxyl groups excluding tert-OH is 1. The maximum absolute atomic E-state index is 16.2. The molecule has 2 N–H and O–H groups in total. The molecule has 1 saturated heterocycles. The van der Waals surface area contributed by atoms with Crippen LogP contribution < -0.4 is 15.2 Å². The number of fused-ring (bicyclic) bond motifs is 3. The number of nitrogens with zero attached hydrogens (tertiary/aromatic N) is 5. The van der Waals surface area contributed by atoms with Crippen LogP contribution in [0.4, 0.5) is 9.80 Å². The number of anilines is 1. The highest BCUT2D eigenvalue weighted by molar-refractivity contribution is 6.72. The van der Waals surface area contributed by atoms with Gasteiger partial charge in [-0.3, -0.25) is 19.4 Å². The molecular weight excluding hydrogens is 632 g/mol. The Morgan fingerprint density at radius 3 is 2.58 bits per heavy atom. The molecule has 11 nitrogen and oxygen atoms in total. The molecule has 48 heavy (non-hydrogen) atoms. The molecule has 0 aliphatic carbocycles. The third kappa shape index (κ3) is 5.26. The van der Waals surface area contributed by atoms with Gasteiger partial charge in [-0.15, -0.1) is 5.10 Å². The number of halogens is 1. The Labute approximate surface area is 278 Å². The van der Waals surface area contributed by atoms with Crippen LogP contribution in [0.5, 0.6) is 5.75 Å². The molecule has 2 aliphatic rings. The molecule has 250 valence electrons. The van der Waals surface area contributed by atoms with Gasteiger partial charge in [0.25, 0.3) is 11.5 Å². The zero-order valence-corrected chi connectivity index (χ0v) is 28.4. The molecule has 0 radical (unpaired) electrons. The van der Waals surface area contributed by atoms with Crippen molar-refractivity contribution in [3.63, 3.8) is 0 Å². The summed E-state index contributed by atoms with van der Waals surface area (Å²) in [5, 5.41) is 21.3. The maximum Gasteiger partial charge on any atom is 0.279 e. The fourth-order valence-electron chi connectivity index (χ4n) is 7.69. The standard InChI is InChI=1S/C35H39FN6O5Si/c1-22-32(48(3,4)36)31(15-17-40-21-24(16-18-43)37-39-40)47-35(22)28-19-26(46-2)13-14-30(28)41(34(35)45)20-23-9-11-25(12-10-23)42-33(44)27-7-5-6-8-29(27)38-42/h5-14,19,21-22,31-32,38,43H,15-18,20H2,1-4H3/t22-,31+,32-,35+/m0/s1. The molecule has 2 aromatic heterocycles. The SMILES string of the molecule is COc1ccc2c(c1)[C@@]1(O[C@H](CCn3cc(CCO)nn3)[C@@H]([Si](C)(C)F)[C@@H]1C)C(=O)N2Cc1ccc(-n2[nH]c3ccccc3c2=O)cc1. The number of H-pyrrole nitrogens is 1. The fourth-order valence-corrected chi connectivity index (χ4v) is 10.2. The first kappa shape index (κ1) is 32.0. The average molecular weight is 671 g/mol. The van der Waals surface area contributed by atoms with Gasteiger partial charge in [-0.1, -0.05) is 36.4 Å². The van der Waals surface area contributed by atoms with Crippen molar-refractivity contribution in [1.82, 2.24) is 24.8 Å². The van der Waals surface area contributed by atoms with Crippen LogP contribution in [0, 0.1) is 5.92 Å². The normalized spacial score (nSPS) is 22.2. The lowest BCUT2D eigenvalue weighted by Gasteiger charge is -2.31. The summed E-state index contributed by atoms with van der Waals surface area (Å²) in [6, 6.07) is 20.4. The van der Waals surface area contributed by atoms with Gasteiger partial charge < -0.3 is 23.6 Å².